The molecule has 0 aliphatic heterocycles. The lowest BCUT2D eigenvalue weighted by molar-refractivity contribution is 0.0601. The fraction of sp³-hybridized carbons (Fsp3) is 0.200. The minimum absolute atomic E-state index is 0.151. The van der Waals surface area contributed by atoms with Crippen molar-refractivity contribution in [1.82, 2.24) is 4.57 Å². The number of rotatable bonds is 4. The highest BCUT2D eigenvalue weighted by Crippen LogP contribution is 2.25. The Morgan fingerprint density at radius 1 is 1.32 bits per heavy atom. The summed E-state index contributed by atoms with van der Waals surface area (Å²) in [6.45, 7) is 0. The van der Waals surface area contributed by atoms with Gasteiger partial charge in [0.1, 0.15) is 17.2 Å². The van der Waals surface area contributed by atoms with E-state index in [-0.39, 0.29) is 22.6 Å². The summed E-state index contributed by atoms with van der Waals surface area (Å²) < 4.78 is 20.0. The van der Waals surface area contributed by atoms with Crippen LogP contribution in [0.25, 0.3) is 0 Å². The number of pyridine rings is 1. The number of methoxy groups -OCH3 is 1. The average Bonchev–Trinajstić information content (AvgIpc) is 2.52. The molecule has 0 amide bonds. The number of aromatic nitrogens is 1. The van der Waals surface area contributed by atoms with E-state index in [0.717, 1.165) is 4.90 Å². The van der Waals surface area contributed by atoms with Gasteiger partial charge >= 0.3 is 5.97 Å². The van der Waals surface area contributed by atoms with Gasteiger partial charge in [-0.15, -0.1) is 11.8 Å². The Kier molecular flexibility index (Phi) is 4.87. The summed E-state index contributed by atoms with van der Waals surface area (Å²) in [5.41, 5.74) is -0.00149. The number of hydrogen-bond acceptors (Lipinski definition) is 5. The minimum atomic E-state index is -0.612. The minimum Gasteiger partial charge on any atom is -0.465 e. The molecule has 2 aromatic rings. The molecule has 116 valence electrons. The summed E-state index contributed by atoms with van der Waals surface area (Å²) in [5, 5.41) is 2.79. The summed E-state index contributed by atoms with van der Waals surface area (Å²) in [4.78, 5) is 24.3. The number of hydrogen-bond donors (Lipinski definition) is 1. The number of carbonyl (C=O) groups is 1. The molecule has 2 rings (SSSR count). The van der Waals surface area contributed by atoms with Crippen molar-refractivity contribution in [3.05, 3.63) is 52.1 Å². The summed E-state index contributed by atoms with van der Waals surface area (Å²) in [6, 6.07) is 7.29. The second-order valence-corrected chi connectivity index (χ2v) is 5.33. The summed E-state index contributed by atoms with van der Waals surface area (Å²) in [7, 11) is 2.73. The maximum absolute atomic E-state index is 14.1. The monoisotopic (exact) mass is 322 g/mol. The van der Waals surface area contributed by atoms with Crippen LogP contribution in [0.5, 0.6) is 0 Å². The van der Waals surface area contributed by atoms with Gasteiger partial charge in [-0.05, 0) is 30.5 Å². The first-order valence-electron chi connectivity index (χ1n) is 6.37. The lowest BCUT2D eigenvalue weighted by atomic mass is 10.2. The molecule has 0 aliphatic carbocycles. The summed E-state index contributed by atoms with van der Waals surface area (Å²) >= 11 is 1.42. The van der Waals surface area contributed by atoms with Gasteiger partial charge in [-0.3, -0.25) is 9.36 Å². The zero-order chi connectivity index (χ0) is 16.3. The molecule has 0 fully saturated rings. The smallest absolute Gasteiger partial charge is 0.341 e. The number of halogens is 1. The zero-order valence-electron chi connectivity index (χ0n) is 12.3. The van der Waals surface area contributed by atoms with Gasteiger partial charge in [-0.2, -0.15) is 0 Å². The number of benzene rings is 1. The number of esters is 1. The van der Waals surface area contributed by atoms with E-state index in [9.17, 15) is 14.0 Å². The molecule has 7 heteroatoms. The molecular weight excluding hydrogens is 307 g/mol. The van der Waals surface area contributed by atoms with Crippen molar-refractivity contribution in [3.63, 3.8) is 0 Å². The number of ether oxygens (including phenoxy) is 1. The molecule has 22 heavy (non-hydrogen) atoms. The van der Waals surface area contributed by atoms with Crippen molar-refractivity contribution in [3.8, 4) is 0 Å². The van der Waals surface area contributed by atoms with Crippen LogP contribution in [0.1, 0.15) is 10.4 Å². The van der Waals surface area contributed by atoms with Crippen LogP contribution in [-0.2, 0) is 11.8 Å². The van der Waals surface area contributed by atoms with E-state index in [2.05, 4.69) is 10.1 Å². The van der Waals surface area contributed by atoms with Crippen molar-refractivity contribution >= 4 is 29.2 Å². The summed E-state index contributed by atoms with van der Waals surface area (Å²) in [6.07, 6.45) is 1.85. The predicted molar refractivity (Wildman–Crippen MR) is 84.5 cm³/mol. The first kappa shape index (κ1) is 16.1. The van der Waals surface area contributed by atoms with Crippen LogP contribution in [-0.4, -0.2) is 23.9 Å². The van der Waals surface area contributed by atoms with Crippen LogP contribution in [0.3, 0.4) is 0 Å². The Morgan fingerprint density at radius 2 is 2.05 bits per heavy atom. The first-order chi connectivity index (χ1) is 10.5. The molecule has 5 nitrogen and oxygen atoms in total. The van der Waals surface area contributed by atoms with Gasteiger partial charge in [0.25, 0.3) is 5.56 Å². The SMILES string of the molecule is COC(=O)c1ccc(=O)n(C)c1Nc1ccc(SC)cc1F. The zero-order valence-corrected chi connectivity index (χ0v) is 13.2. The molecule has 1 aromatic heterocycles. The Balaban J connectivity index is 2.51. The topological polar surface area (TPSA) is 60.3 Å². The maximum atomic E-state index is 14.1. The van der Waals surface area contributed by atoms with Gasteiger partial charge in [0, 0.05) is 18.0 Å². The lowest BCUT2D eigenvalue weighted by Crippen LogP contribution is -2.22. The van der Waals surface area contributed by atoms with Crippen LogP contribution in [0, 0.1) is 5.82 Å². The third-order valence-electron chi connectivity index (χ3n) is 3.15. The van der Waals surface area contributed by atoms with Gasteiger partial charge in [-0.1, -0.05) is 0 Å². The van der Waals surface area contributed by atoms with E-state index in [4.69, 9.17) is 0 Å². The van der Waals surface area contributed by atoms with Crippen molar-refractivity contribution in [2.75, 3.05) is 18.7 Å². The molecule has 1 aromatic carbocycles. The third-order valence-corrected chi connectivity index (χ3v) is 3.87. The second-order valence-electron chi connectivity index (χ2n) is 4.46. The molecule has 0 atom stereocenters. The van der Waals surface area contributed by atoms with Crippen LogP contribution >= 0.6 is 11.8 Å². The Hall–Kier alpha value is -2.28. The Labute approximate surface area is 131 Å². The van der Waals surface area contributed by atoms with E-state index < -0.39 is 11.8 Å². The van der Waals surface area contributed by atoms with E-state index in [1.807, 2.05) is 6.26 Å². The molecular formula is C15H15FN2O3S. The Morgan fingerprint density at radius 3 is 2.64 bits per heavy atom. The van der Waals surface area contributed by atoms with E-state index >= 15 is 0 Å². The number of anilines is 2. The van der Waals surface area contributed by atoms with Crippen molar-refractivity contribution in [1.29, 1.82) is 0 Å². The first-order valence-corrected chi connectivity index (χ1v) is 7.59. The van der Waals surface area contributed by atoms with Crippen molar-refractivity contribution < 1.29 is 13.9 Å². The Bertz CT molecular complexity index is 774. The molecule has 0 spiro atoms. The molecule has 1 N–H and O–H groups in total. The highest BCUT2D eigenvalue weighted by molar-refractivity contribution is 7.98. The van der Waals surface area contributed by atoms with Gasteiger partial charge in [-0.25, -0.2) is 9.18 Å². The van der Waals surface area contributed by atoms with Gasteiger partial charge in [0.15, 0.2) is 0 Å². The number of nitrogens with zero attached hydrogens (tertiary/aromatic N) is 1. The van der Waals surface area contributed by atoms with Gasteiger partial charge < -0.3 is 10.1 Å². The fourth-order valence-corrected chi connectivity index (χ4v) is 2.34. The molecule has 0 saturated heterocycles. The van der Waals surface area contributed by atoms with Gasteiger partial charge in [0.2, 0.25) is 0 Å². The fourth-order valence-electron chi connectivity index (χ4n) is 1.91. The molecule has 0 bridgehead atoms. The normalized spacial score (nSPS) is 10.4. The predicted octanol–water partition coefficient (Wildman–Crippen LogP) is 2.78. The molecule has 0 aliphatic rings. The summed E-state index contributed by atoms with van der Waals surface area (Å²) in [5.74, 6) is -0.909. The number of thioether (sulfide) groups is 1. The van der Waals surface area contributed by atoms with E-state index in [1.165, 1.54) is 48.7 Å². The molecule has 0 saturated carbocycles. The average molecular weight is 322 g/mol. The standard InChI is InChI=1S/C15H15FN2O3S/c1-18-13(19)7-5-10(15(20)21-2)14(18)17-12-6-4-9(22-3)8-11(12)16/h4-8,17H,1-3H3. The molecule has 1 heterocycles. The maximum Gasteiger partial charge on any atom is 0.341 e. The second kappa shape index (κ2) is 6.65. The van der Waals surface area contributed by atoms with Crippen LogP contribution < -0.4 is 10.9 Å². The lowest BCUT2D eigenvalue weighted by Gasteiger charge is -2.15. The van der Waals surface area contributed by atoms with Crippen molar-refractivity contribution in [2.24, 2.45) is 7.05 Å². The van der Waals surface area contributed by atoms with E-state index in [0.29, 0.717) is 0 Å². The highest BCUT2D eigenvalue weighted by Gasteiger charge is 2.16. The number of carbonyl (C=O) groups excluding carboxylic acids is 1. The molecule has 0 radical (unpaired) electrons. The van der Waals surface area contributed by atoms with Crippen molar-refractivity contribution in [2.45, 2.75) is 4.90 Å². The van der Waals surface area contributed by atoms with Gasteiger partial charge in [0.05, 0.1) is 12.8 Å². The van der Waals surface area contributed by atoms with Crippen LogP contribution in [0.2, 0.25) is 0 Å². The number of nitrogens with one attached hydrogen (secondary N) is 1. The quantitative estimate of drug-likeness (QED) is 0.693. The van der Waals surface area contributed by atoms with E-state index in [1.54, 1.807) is 12.1 Å². The van der Waals surface area contributed by atoms with Crippen LogP contribution in [0.15, 0.2) is 40.0 Å². The third kappa shape index (κ3) is 3.14. The van der Waals surface area contributed by atoms with Crippen LogP contribution in [0.4, 0.5) is 15.9 Å². The largest absolute Gasteiger partial charge is 0.465 e. The highest BCUT2D eigenvalue weighted by atomic mass is 32.2. The molecule has 0 unspecified atom stereocenters.